The summed E-state index contributed by atoms with van der Waals surface area (Å²) in [5, 5.41) is 2.17. The molecule has 0 bridgehead atoms. The van der Waals surface area contributed by atoms with Crippen LogP contribution in [-0.2, 0) is 36.7 Å². The molecule has 0 aliphatic heterocycles. The smallest absolute Gasteiger partial charge is 0.346 e. The lowest BCUT2D eigenvalue weighted by atomic mass is 9.73. The first-order valence-electron chi connectivity index (χ1n) is 16.8. The fourth-order valence-corrected chi connectivity index (χ4v) is 8.30. The maximum absolute atomic E-state index is 14.1. The molecule has 1 amide bonds. The molecule has 2 heterocycles. The minimum atomic E-state index is -4.55. The van der Waals surface area contributed by atoms with Gasteiger partial charge in [0.2, 0.25) is 5.91 Å². The number of unbranched alkanes of at least 4 members (excludes halogenated alkanes) is 1. The number of benzene rings is 2. The maximum atomic E-state index is 14.1. The molecule has 1 N–H and O–H groups in total. The summed E-state index contributed by atoms with van der Waals surface area (Å²) in [6.45, 7) is 2.88. The zero-order valence-electron chi connectivity index (χ0n) is 28.0. The van der Waals surface area contributed by atoms with E-state index in [9.17, 15) is 22.5 Å². The Labute approximate surface area is 286 Å². The lowest BCUT2D eigenvalue weighted by molar-refractivity contribution is -0.141. The first-order chi connectivity index (χ1) is 23.5. The summed E-state index contributed by atoms with van der Waals surface area (Å²) < 4.78 is 65.8. The molecule has 0 saturated heterocycles. The summed E-state index contributed by atoms with van der Waals surface area (Å²) in [6, 6.07) is 26.4. The summed E-state index contributed by atoms with van der Waals surface area (Å²) in [5.74, 6) is -0.701. The number of amides is 1. The molecule has 1 aliphatic carbocycles. The molecular formula is C38H43F3N3O4P. The van der Waals surface area contributed by atoms with E-state index in [1.165, 1.54) is 0 Å². The van der Waals surface area contributed by atoms with E-state index in [-0.39, 0.29) is 25.8 Å². The molecule has 5 rings (SSSR count). The van der Waals surface area contributed by atoms with Gasteiger partial charge >= 0.3 is 13.8 Å². The minimum Gasteiger partial charge on any atom is -0.346 e. The first-order valence-corrected chi connectivity index (χ1v) is 18.5. The number of alkyl halides is 3. The zero-order chi connectivity index (χ0) is 34.9. The Morgan fingerprint density at radius 3 is 1.73 bits per heavy atom. The van der Waals surface area contributed by atoms with E-state index in [1.54, 1.807) is 12.1 Å². The Balaban J connectivity index is 1.27. The van der Waals surface area contributed by atoms with Crippen LogP contribution in [0.3, 0.4) is 0 Å². The standard InChI is InChI=1S/C38H43F3N3O4P/c1-28-13-9-15-30(43-28)17-11-24-47-49(46,48-25-12-18-31-16-10-14-29(2)44-31)26-8-7-23-37(36(45)42-27-38(39,40)41)34-21-5-3-19-32(34)33-20-4-6-22-35(33)37/h3-6,9-10,13-16,19-22H,7-8,11-12,17-18,23-27H2,1-2H3,(H,42,45). The van der Waals surface area contributed by atoms with Crippen molar-refractivity contribution in [3.63, 3.8) is 0 Å². The number of nitrogens with zero attached hydrogens (tertiary/aromatic N) is 2. The molecule has 11 heteroatoms. The summed E-state index contributed by atoms with van der Waals surface area (Å²) in [4.78, 5) is 22.9. The molecule has 2 aromatic heterocycles. The SMILES string of the molecule is Cc1cccc(CCCOP(=O)(CCCCC2(C(=O)NCC(F)(F)F)c3ccccc3-c3ccccc32)OCCCc2cccc(C)n2)n1. The van der Waals surface area contributed by atoms with Gasteiger partial charge in [-0.3, -0.25) is 19.3 Å². The third-order valence-electron chi connectivity index (χ3n) is 8.76. The van der Waals surface area contributed by atoms with Crippen LogP contribution in [0.25, 0.3) is 11.1 Å². The van der Waals surface area contributed by atoms with Crippen LogP contribution in [0.15, 0.2) is 84.9 Å². The van der Waals surface area contributed by atoms with Crippen molar-refractivity contribution < 1.29 is 31.6 Å². The molecule has 0 fully saturated rings. The van der Waals surface area contributed by atoms with Crippen LogP contribution in [0.4, 0.5) is 13.2 Å². The van der Waals surface area contributed by atoms with Gasteiger partial charge in [0.15, 0.2) is 0 Å². The summed E-state index contributed by atoms with van der Waals surface area (Å²) in [6.07, 6.45) is -0.899. The largest absolute Gasteiger partial charge is 0.405 e. The summed E-state index contributed by atoms with van der Waals surface area (Å²) in [5.41, 5.74) is 5.36. The highest BCUT2D eigenvalue weighted by Crippen LogP contribution is 2.53. The van der Waals surface area contributed by atoms with E-state index < -0.39 is 31.6 Å². The van der Waals surface area contributed by atoms with Crippen molar-refractivity contribution in [1.29, 1.82) is 0 Å². The van der Waals surface area contributed by atoms with Crippen LogP contribution in [0.1, 0.15) is 66.0 Å². The minimum absolute atomic E-state index is 0.113. The highest BCUT2D eigenvalue weighted by molar-refractivity contribution is 7.53. The third kappa shape index (κ3) is 9.44. The Hall–Kier alpha value is -3.85. The van der Waals surface area contributed by atoms with Crippen molar-refractivity contribution in [2.45, 2.75) is 70.4 Å². The fourth-order valence-electron chi connectivity index (χ4n) is 6.54. The number of aryl methyl sites for hydroxylation is 4. The van der Waals surface area contributed by atoms with Gasteiger partial charge in [-0.1, -0.05) is 67.1 Å². The second kappa shape index (κ2) is 16.2. The maximum Gasteiger partial charge on any atom is 0.405 e. The normalized spacial score (nSPS) is 13.6. The van der Waals surface area contributed by atoms with E-state index in [0.717, 1.165) is 33.9 Å². The lowest BCUT2D eigenvalue weighted by Crippen LogP contribution is -2.47. The van der Waals surface area contributed by atoms with Crippen LogP contribution in [0, 0.1) is 13.8 Å². The zero-order valence-corrected chi connectivity index (χ0v) is 28.9. The first kappa shape index (κ1) is 36.4. The van der Waals surface area contributed by atoms with E-state index >= 15 is 0 Å². The number of hydrogen-bond donors (Lipinski definition) is 1. The molecule has 0 unspecified atom stereocenters. The highest BCUT2D eigenvalue weighted by Gasteiger charge is 2.49. The molecule has 2 aromatic carbocycles. The molecule has 0 saturated carbocycles. The van der Waals surface area contributed by atoms with Gasteiger partial charge in [-0.05, 0) is 98.9 Å². The lowest BCUT2D eigenvalue weighted by Gasteiger charge is -2.31. The van der Waals surface area contributed by atoms with Crippen LogP contribution in [0.2, 0.25) is 0 Å². The van der Waals surface area contributed by atoms with Crippen LogP contribution in [-0.4, -0.2) is 48.0 Å². The van der Waals surface area contributed by atoms with Gasteiger partial charge in [0.1, 0.15) is 12.0 Å². The van der Waals surface area contributed by atoms with Crippen LogP contribution in [0.5, 0.6) is 0 Å². The molecule has 7 nitrogen and oxygen atoms in total. The number of nitrogens with one attached hydrogen (secondary N) is 1. The second-order valence-electron chi connectivity index (χ2n) is 12.5. The second-order valence-corrected chi connectivity index (χ2v) is 14.7. The average Bonchev–Trinajstić information content (AvgIpc) is 3.36. The van der Waals surface area contributed by atoms with Gasteiger partial charge in [-0.15, -0.1) is 0 Å². The number of rotatable bonds is 17. The number of halogens is 3. The van der Waals surface area contributed by atoms with Gasteiger partial charge in [0.05, 0.1) is 19.4 Å². The molecule has 0 radical (unpaired) electrons. The molecule has 4 aromatic rings. The van der Waals surface area contributed by atoms with E-state index in [0.29, 0.717) is 49.7 Å². The Kier molecular flexibility index (Phi) is 12.1. The summed E-state index contributed by atoms with van der Waals surface area (Å²) in [7, 11) is -3.55. The number of carbonyl (C=O) groups is 1. The quantitative estimate of drug-likeness (QED) is 0.0879. The van der Waals surface area contributed by atoms with Gasteiger partial charge in [-0.2, -0.15) is 13.2 Å². The topological polar surface area (TPSA) is 90.4 Å². The van der Waals surface area contributed by atoms with Crippen LogP contribution >= 0.6 is 7.60 Å². The van der Waals surface area contributed by atoms with Crippen molar-refractivity contribution in [2.75, 3.05) is 25.9 Å². The summed E-state index contributed by atoms with van der Waals surface area (Å²) >= 11 is 0. The molecule has 1 aliphatic rings. The molecule has 49 heavy (non-hydrogen) atoms. The number of pyridine rings is 2. The van der Waals surface area contributed by atoms with Crippen molar-refractivity contribution in [3.8, 4) is 11.1 Å². The molecule has 0 atom stereocenters. The van der Waals surface area contributed by atoms with Gasteiger partial charge < -0.3 is 14.4 Å². The molecule has 260 valence electrons. The molecule has 0 spiro atoms. The highest BCUT2D eigenvalue weighted by atomic mass is 31.2. The monoisotopic (exact) mass is 693 g/mol. The number of hydrogen-bond acceptors (Lipinski definition) is 6. The van der Waals surface area contributed by atoms with Crippen molar-refractivity contribution >= 4 is 13.5 Å². The van der Waals surface area contributed by atoms with E-state index in [4.69, 9.17) is 9.05 Å². The third-order valence-corrected chi connectivity index (χ3v) is 10.8. The van der Waals surface area contributed by atoms with E-state index in [1.807, 2.05) is 86.6 Å². The van der Waals surface area contributed by atoms with Gasteiger partial charge in [-0.25, -0.2) is 0 Å². The Morgan fingerprint density at radius 2 is 1.24 bits per heavy atom. The van der Waals surface area contributed by atoms with Crippen molar-refractivity contribution in [2.24, 2.45) is 0 Å². The van der Waals surface area contributed by atoms with Crippen LogP contribution < -0.4 is 5.32 Å². The number of aromatic nitrogens is 2. The Bertz CT molecular complexity index is 1680. The number of carbonyl (C=O) groups excluding carboxylic acids is 1. The predicted molar refractivity (Wildman–Crippen MR) is 185 cm³/mol. The van der Waals surface area contributed by atoms with Crippen molar-refractivity contribution in [3.05, 3.63) is 119 Å². The van der Waals surface area contributed by atoms with Gasteiger partial charge in [0, 0.05) is 22.8 Å². The molecular weight excluding hydrogens is 650 g/mol. The predicted octanol–water partition coefficient (Wildman–Crippen LogP) is 8.70. The average molecular weight is 694 g/mol. The Morgan fingerprint density at radius 1 is 0.735 bits per heavy atom. The number of fused-ring (bicyclic) bond motifs is 3. The van der Waals surface area contributed by atoms with Crippen molar-refractivity contribution in [1.82, 2.24) is 15.3 Å². The fraction of sp³-hybridized carbons (Fsp3) is 0.395. The van der Waals surface area contributed by atoms with Gasteiger partial charge in [0.25, 0.3) is 0 Å². The van der Waals surface area contributed by atoms with E-state index in [2.05, 4.69) is 15.3 Å².